The summed E-state index contributed by atoms with van der Waals surface area (Å²) in [6.45, 7) is 0. The monoisotopic (exact) mass is 318 g/mol. The molecule has 0 aliphatic carbocycles. The van der Waals surface area contributed by atoms with E-state index in [1.54, 1.807) is 0 Å². The molecule has 0 fully saturated rings. The minimum absolute atomic E-state index is 0.118. The highest BCUT2D eigenvalue weighted by Crippen LogP contribution is 2.23. The first-order valence-corrected chi connectivity index (χ1v) is 8.38. The highest BCUT2D eigenvalue weighted by Gasteiger charge is 2.11. The number of Topliss-reactive ketones (excluding diaryl/α,β-unsaturated/α-hetero) is 1. The molecule has 4 rings (SSSR count). The van der Waals surface area contributed by atoms with Crippen LogP contribution in [0.2, 0.25) is 0 Å². The number of hydrogen-bond donors (Lipinski definition) is 1. The lowest BCUT2D eigenvalue weighted by Gasteiger charge is -2.04. The summed E-state index contributed by atoms with van der Waals surface area (Å²) in [4.78, 5) is 20.3. The van der Waals surface area contributed by atoms with E-state index >= 15 is 0 Å². The topological polar surface area (TPSA) is 45.8 Å². The van der Waals surface area contributed by atoms with Crippen LogP contribution in [0.5, 0.6) is 0 Å². The van der Waals surface area contributed by atoms with E-state index in [1.807, 2.05) is 66.7 Å². The van der Waals surface area contributed by atoms with Gasteiger partial charge in [0.15, 0.2) is 10.9 Å². The number of aromatic nitrogens is 2. The maximum Gasteiger partial charge on any atom is 0.173 e. The highest BCUT2D eigenvalue weighted by molar-refractivity contribution is 7.99. The second-order valence-electron chi connectivity index (χ2n) is 5.30. The van der Waals surface area contributed by atoms with Gasteiger partial charge in [-0.2, -0.15) is 0 Å². The molecular weight excluding hydrogens is 304 g/mol. The quantitative estimate of drug-likeness (QED) is 0.438. The number of para-hydroxylation sites is 2. The molecule has 112 valence electrons. The van der Waals surface area contributed by atoms with Crippen molar-refractivity contribution in [2.24, 2.45) is 0 Å². The predicted molar refractivity (Wildman–Crippen MR) is 95.1 cm³/mol. The van der Waals surface area contributed by atoms with Crippen molar-refractivity contribution in [3.63, 3.8) is 0 Å². The fraction of sp³-hybridized carbons (Fsp3) is 0.0526. The summed E-state index contributed by atoms with van der Waals surface area (Å²) in [5.41, 5.74) is 2.69. The Hall–Kier alpha value is -2.59. The summed E-state index contributed by atoms with van der Waals surface area (Å²) >= 11 is 1.44. The van der Waals surface area contributed by atoms with E-state index in [1.165, 1.54) is 11.8 Å². The maximum absolute atomic E-state index is 12.6. The first-order valence-electron chi connectivity index (χ1n) is 7.40. The van der Waals surface area contributed by atoms with Crippen LogP contribution < -0.4 is 0 Å². The SMILES string of the molecule is O=C(CSc1nc2ccccc2[nH]1)c1cccc2ccccc12. The summed E-state index contributed by atoms with van der Waals surface area (Å²) in [7, 11) is 0. The minimum atomic E-state index is 0.118. The minimum Gasteiger partial charge on any atom is -0.333 e. The summed E-state index contributed by atoms with van der Waals surface area (Å²) in [6.07, 6.45) is 0. The van der Waals surface area contributed by atoms with Gasteiger partial charge in [0.25, 0.3) is 0 Å². The fourth-order valence-electron chi connectivity index (χ4n) is 2.68. The lowest BCUT2D eigenvalue weighted by atomic mass is 10.0. The van der Waals surface area contributed by atoms with E-state index in [9.17, 15) is 4.79 Å². The lowest BCUT2D eigenvalue weighted by Crippen LogP contribution is -2.03. The molecular formula is C19H14N2OS. The molecule has 0 atom stereocenters. The molecule has 0 saturated carbocycles. The average molecular weight is 318 g/mol. The standard InChI is InChI=1S/C19H14N2OS/c22-18(15-9-5-7-13-6-1-2-8-14(13)15)12-23-19-20-16-10-3-4-11-17(16)21-19/h1-11H,12H2,(H,20,21). The van der Waals surface area contributed by atoms with Crippen molar-refractivity contribution in [3.05, 3.63) is 72.3 Å². The van der Waals surface area contributed by atoms with Crippen LogP contribution in [-0.4, -0.2) is 21.5 Å². The normalized spacial score (nSPS) is 11.1. The van der Waals surface area contributed by atoms with Crippen LogP contribution in [0.3, 0.4) is 0 Å². The van der Waals surface area contributed by atoms with Gasteiger partial charge in [0.05, 0.1) is 16.8 Å². The van der Waals surface area contributed by atoms with Crippen molar-refractivity contribution in [3.8, 4) is 0 Å². The van der Waals surface area contributed by atoms with Crippen molar-refractivity contribution >= 4 is 39.4 Å². The molecule has 0 bridgehead atoms. The summed E-state index contributed by atoms with van der Waals surface area (Å²) < 4.78 is 0. The van der Waals surface area contributed by atoms with E-state index in [4.69, 9.17) is 0 Å². The summed E-state index contributed by atoms with van der Waals surface area (Å²) in [5.74, 6) is 0.487. The molecule has 0 spiro atoms. The third kappa shape index (κ3) is 2.73. The van der Waals surface area contributed by atoms with Crippen LogP contribution in [-0.2, 0) is 0 Å². The third-order valence-corrected chi connectivity index (χ3v) is 4.67. The van der Waals surface area contributed by atoms with E-state index in [-0.39, 0.29) is 5.78 Å². The molecule has 0 radical (unpaired) electrons. The number of nitrogens with one attached hydrogen (secondary N) is 1. The van der Waals surface area contributed by atoms with Gasteiger partial charge in [0.2, 0.25) is 0 Å². The smallest absolute Gasteiger partial charge is 0.173 e. The molecule has 0 amide bonds. The van der Waals surface area contributed by atoms with Gasteiger partial charge in [-0.05, 0) is 22.9 Å². The molecule has 4 aromatic rings. The zero-order chi connectivity index (χ0) is 15.6. The fourth-order valence-corrected chi connectivity index (χ4v) is 3.45. The van der Waals surface area contributed by atoms with Crippen LogP contribution in [0.15, 0.2) is 71.9 Å². The molecule has 23 heavy (non-hydrogen) atoms. The Morgan fingerprint density at radius 2 is 1.74 bits per heavy atom. The lowest BCUT2D eigenvalue weighted by molar-refractivity contribution is 0.102. The number of carbonyl (C=O) groups excluding carboxylic acids is 1. The number of imidazole rings is 1. The average Bonchev–Trinajstić information content (AvgIpc) is 3.02. The Balaban J connectivity index is 1.57. The molecule has 3 nitrogen and oxygen atoms in total. The van der Waals surface area contributed by atoms with Crippen LogP contribution in [0.4, 0.5) is 0 Å². The Morgan fingerprint density at radius 1 is 0.957 bits per heavy atom. The van der Waals surface area contributed by atoms with Crippen molar-refractivity contribution < 1.29 is 4.79 Å². The van der Waals surface area contributed by atoms with Crippen LogP contribution in [0.25, 0.3) is 21.8 Å². The van der Waals surface area contributed by atoms with Crippen LogP contribution >= 0.6 is 11.8 Å². The summed E-state index contributed by atoms with van der Waals surface area (Å²) in [5, 5.41) is 2.87. The molecule has 0 unspecified atom stereocenters. The van der Waals surface area contributed by atoms with Crippen molar-refractivity contribution in [1.29, 1.82) is 0 Å². The second kappa shape index (κ2) is 5.89. The molecule has 1 heterocycles. The van der Waals surface area contributed by atoms with Gasteiger partial charge >= 0.3 is 0 Å². The number of fused-ring (bicyclic) bond motifs is 2. The first kappa shape index (κ1) is 14.0. The number of carbonyl (C=O) groups is 1. The van der Waals surface area contributed by atoms with Crippen LogP contribution in [0.1, 0.15) is 10.4 Å². The van der Waals surface area contributed by atoms with E-state index in [0.29, 0.717) is 5.75 Å². The van der Waals surface area contributed by atoms with Gasteiger partial charge in [-0.3, -0.25) is 4.79 Å². The Morgan fingerprint density at radius 3 is 2.65 bits per heavy atom. The zero-order valence-electron chi connectivity index (χ0n) is 12.3. The number of hydrogen-bond acceptors (Lipinski definition) is 3. The van der Waals surface area contributed by atoms with Gasteiger partial charge in [-0.1, -0.05) is 66.4 Å². The number of ketones is 1. The molecule has 0 aliphatic rings. The largest absolute Gasteiger partial charge is 0.333 e. The van der Waals surface area contributed by atoms with Gasteiger partial charge in [-0.25, -0.2) is 4.98 Å². The Kier molecular flexibility index (Phi) is 3.60. The molecule has 3 aromatic carbocycles. The Labute approximate surface area is 137 Å². The molecule has 4 heteroatoms. The number of thioether (sulfide) groups is 1. The van der Waals surface area contributed by atoms with Crippen molar-refractivity contribution in [2.45, 2.75) is 5.16 Å². The van der Waals surface area contributed by atoms with E-state index in [2.05, 4.69) is 9.97 Å². The Bertz CT molecular complexity index is 968. The molecule has 1 aromatic heterocycles. The van der Waals surface area contributed by atoms with Crippen molar-refractivity contribution in [1.82, 2.24) is 9.97 Å². The maximum atomic E-state index is 12.6. The number of H-pyrrole nitrogens is 1. The zero-order valence-corrected chi connectivity index (χ0v) is 13.1. The number of aromatic amines is 1. The van der Waals surface area contributed by atoms with Crippen LogP contribution in [0, 0.1) is 0 Å². The van der Waals surface area contributed by atoms with Gasteiger partial charge in [-0.15, -0.1) is 0 Å². The number of nitrogens with zero attached hydrogens (tertiary/aromatic N) is 1. The summed E-state index contributed by atoms with van der Waals surface area (Å²) in [6, 6.07) is 21.7. The van der Waals surface area contributed by atoms with E-state index < -0.39 is 0 Å². The first-order chi connectivity index (χ1) is 11.3. The molecule has 0 aliphatic heterocycles. The second-order valence-corrected chi connectivity index (χ2v) is 6.26. The van der Waals surface area contributed by atoms with Gasteiger partial charge in [0, 0.05) is 5.56 Å². The third-order valence-electron chi connectivity index (χ3n) is 3.80. The van der Waals surface area contributed by atoms with E-state index in [0.717, 1.165) is 32.5 Å². The number of rotatable bonds is 4. The number of benzene rings is 3. The predicted octanol–water partition coefficient (Wildman–Crippen LogP) is 4.69. The molecule has 1 N–H and O–H groups in total. The van der Waals surface area contributed by atoms with Crippen molar-refractivity contribution in [2.75, 3.05) is 5.75 Å². The van der Waals surface area contributed by atoms with Gasteiger partial charge in [0.1, 0.15) is 0 Å². The molecule has 0 saturated heterocycles. The highest BCUT2D eigenvalue weighted by atomic mass is 32.2. The van der Waals surface area contributed by atoms with Gasteiger partial charge < -0.3 is 4.98 Å².